The van der Waals surface area contributed by atoms with Gasteiger partial charge in [0.05, 0.1) is 5.54 Å². The highest BCUT2D eigenvalue weighted by Crippen LogP contribution is 2.42. The molecule has 1 aromatic carbocycles. The molecule has 2 aromatic rings. The Morgan fingerprint density at radius 3 is 2.31 bits per heavy atom. The zero-order valence-electron chi connectivity index (χ0n) is 13.2. The molecule has 138 valence electrons. The number of H-pyrrole nitrogens is 1. The average Bonchev–Trinajstić information content (AvgIpc) is 2.50. The van der Waals surface area contributed by atoms with E-state index in [2.05, 4.69) is 5.32 Å². The number of carbonyl (C=O) groups is 1. The molecule has 1 amide bonds. The molecule has 4 nitrogen and oxygen atoms in total. The molecule has 0 saturated heterocycles. The largest absolute Gasteiger partial charge is 0.421 e. The van der Waals surface area contributed by atoms with Crippen molar-refractivity contribution in [3.63, 3.8) is 0 Å². The number of aromatic nitrogens is 1. The highest BCUT2D eigenvalue weighted by molar-refractivity contribution is 5.93. The van der Waals surface area contributed by atoms with Crippen LogP contribution in [0.4, 0.5) is 22.0 Å². The van der Waals surface area contributed by atoms with Gasteiger partial charge in [-0.2, -0.15) is 13.2 Å². The third-order valence-corrected chi connectivity index (χ3v) is 4.47. The molecule has 1 heterocycles. The number of halogens is 5. The van der Waals surface area contributed by atoms with Crippen molar-refractivity contribution in [2.45, 2.75) is 31.0 Å². The molecule has 9 heteroatoms. The maximum Gasteiger partial charge on any atom is 0.421 e. The monoisotopic (exact) mass is 372 g/mol. The lowest BCUT2D eigenvalue weighted by atomic mass is 9.71. The Labute approximate surface area is 144 Å². The molecule has 1 saturated carbocycles. The van der Waals surface area contributed by atoms with E-state index >= 15 is 0 Å². The van der Waals surface area contributed by atoms with Crippen molar-refractivity contribution in [3.05, 3.63) is 69.1 Å². The van der Waals surface area contributed by atoms with Crippen molar-refractivity contribution in [3.8, 4) is 0 Å². The molecule has 0 bridgehead atoms. The molecule has 1 aliphatic carbocycles. The smallest absolute Gasteiger partial charge is 0.341 e. The summed E-state index contributed by atoms with van der Waals surface area (Å²) in [5.74, 6) is -2.44. The molecule has 0 aliphatic heterocycles. The van der Waals surface area contributed by atoms with Crippen LogP contribution >= 0.6 is 0 Å². The molecule has 26 heavy (non-hydrogen) atoms. The lowest BCUT2D eigenvalue weighted by molar-refractivity contribution is -0.138. The van der Waals surface area contributed by atoms with Crippen LogP contribution in [0.25, 0.3) is 0 Å². The second-order valence-electron chi connectivity index (χ2n) is 6.13. The Kier molecular flexibility index (Phi) is 4.33. The summed E-state index contributed by atoms with van der Waals surface area (Å²) in [6, 6.07) is 4.33. The second kappa shape index (κ2) is 6.22. The van der Waals surface area contributed by atoms with Crippen LogP contribution in [-0.2, 0) is 11.7 Å². The van der Waals surface area contributed by atoms with E-state index in [1.165, 1.54) is 6.07 Å². The van der Waals surface area contributed by atoms with Gasteiger partial charge in [0.2, 0.25) is 0 Å². The number of pyridine rings is 1. The number of hydrogen-bond donors (Lipinski definition) is 2. The number of carbonyl (C=O) groups excluding carboxylic acids is 1. The van der Waals surface area contributed by atoms with Gasteiger partial charge in [0, 0.05) is 11.6 Å². The van der Waals surface area contributed by atoms with E-state index in [1.54, 1.807) is 0 Å². The van der Waals surface area contributed by atoms with E-state index < -0.39 is 40.4 Å². The summed E-state index contributed by atoms with van der Waals surface area (Å²) < 4.78 is 65.1. The Morgan fingerprint density at radius 2 is 1.81 bits per heavy atom. The predicted octanol–water partition coefficient (Wildman–Crippen LogP) is 3.48. The van der Waals surface area contributed by atoms with Crippen LogP contribution in [0.5, 0.6) is 0 Å². The van der Waals surface area contributed by atoms with E-state index in [9.17, 15) is 31.5 Å². The van der Waals surface area contributed by atoms with Gasteiger partial charge >= 0.3 is 6.18 Å². The molecule has 1 fully saturated rings. The summed E-state index contributed by atoms with van der Waals surface area (Å²) in [5, 5.41) is 2.56. The summed E-state index contributed by atoms with van der Waals surface area (Å²) in [4.78, 5) is 25.8. The van der Waals surface area contributed by atoms with Gasteiger partial charge in [-0.1, -0.05) is 6.07 Å². The summed E-state index contributed by atoms with van der Waals surface area (Å²) in [6.45, 7) is 0. The minimum atomic E-state index is -4.84. The van der Waals surface area contributed by atoms with Gasteiger partial charge < -0.3 is 10.3 Å². The maximum atomic E-state index is 14.1. The lowest BCUT2D eigenvalue weighted by Crippen LogP contribution is -2.51. The molecule has 1 aromatic heterocycles. The van der Waals surface area contributed by atoms with E-state index in [1.807, 2.05) is 4.98 Å². The Bertz CT molecular complexity index is 916. The van der Waals surface area contributed by atoms with Crippen LogP contribution in [0.3, 0.4) is 0 Å². The fraction of sp³-hybridized carbons (Fsp3) is 0.294. The molecule has 0 atom stereocenters. The fourth-order valence-corrected chi connectivity index (χ4v) is 2.98. The SMILES string of the molecule is O=C(NC1(c2ccc(F)cc2F)CCC1)c1ccc(C(F)(F)F)c(=O)[nH]1. The van der Waals surface area contributed by atoms with E-state index in [4.69, 9.17) is 0 Å². The van der Waals surface area contributed by atoms with Crippen molar-refractivity contribution < 1.29 is 26.7 Å². The molecular weight excluding hydrogens is 359 g/mol. The molecule has 2 N–H and O–H groups in total. The minimum Gasteiger partial charge on any atom is -0.341 e. The van der Waals surface area contributed by atoms with Crippen LogP contribution in [-0.4, -0.2) is 10.9 Å². The molecule has 1 aliphatic rings. The lowest BCUT2D eigenvalue weighted by Gasteiger charge is -2.43. The number of aromatic amines is 1. The zero-order chi connectivity index (χ0) is 19.1. The molecule has 3 rings (SSSR count). The third kappa shape index (κ3) is 3.21. The Hall–Kier alpha value is -2.71. The van der Waals surface area contributed by atoms with Gasteiger partial charge in [0.15, 0.2) is 0 Å². The van der Waals surface area contributed by atoms with Crippen molar-refractivity contribution in [2.75, 3.05) is 0 Å². The first-order valence-corrected chi connectivity index (χ1v) is 7.71. The summed E-state index contributed by atoms with van der Waals surface area (Å²) in [5.41, 5.74) is -4.24. The van der Waals surface area contributed by atoms with Gasteiger partial charge in [-0.3, -0.25) is 9.59 Å². The van der Waals surface area contributed by atoms with Crippen molar-refractivity contribution in [1.82, 2.24) is 10.3 Å². The molecule has 0 radical (unpaired) electrons. The topological polar surface area (TPSA) is 62.0 Å². The van der Waals surface area contributed by atoms with Crippen molar-refractivity contribution in [2.24, 2.45) is 0 Å². The number of hydrogen-bond acceptors (Lipinski definition) is 2. The van der Waals surface area contributed by atoms with Gasteiger partial charge in [0.1, 0.15) is 22.9 Å². The maximum absolute atomic E-state index is 14.1. The number of amides is 1. The van der Waals surface area contributed by atoms with Crippen LogP contribution < -0.4 is 10.9 Å². The third-order valence-electron chi connectivity index (χ3n) is 4.47. The summed E-state index contributed by atoms with van der Waals surface area (Å²) in [6.07, 6.45) is -3.39. The predicted molar refractivity (Wildman–Crippen MR) is 81.4 cm³/mol. The quantitative estimate of drug-likeness (QED) is 0.811. The number of nitrogens with one attached hydrogen (secondary N) is 2. The van der Waals surface area contributed by atoms with Crippen LogP contribution in [0, 0.1) is 11.6 Å². The first kappa shape index (κ1) is 18.1. The minimum absolute atomic E-state index is 0.0905. The average molecular weight is 372 g/mol. The summed E-state index contributed by atoms with van der Waals surface area (Å²) in [7, 11) is 0. The van der Waals surface area contributed by atoms with Gasteiger partial charge in [-0.05, 0) is 37.5 Å². The van der Waals surface area contributed by atoms with Crippen molar-refractivity contribution >= 4 is 5.91 Å². The van der Waals surface area contributed by atoms with Gasteiger partial charge in [0.25, 0.3) is 11.5 Å². The zero-order valence-corrected chi connectivity index (χ0v) is 13.2. The number of benzene rings is 1. The van der Waals surface area contributed by atoms with Crippen LogP contribution in [0.15, 0.2) is 35.1 Å². The van der Waals surface area contributed by atoms with E-state index in [0.717, 1.165) is 12.1 Å². The Morgan fingerprint density at radius 1 is 1.12 bits per heavy atom. The molecular formula is C17H13F5N2O2. The Balaban J connectivity index is 1.89. The first-order chi connectivity index (χ1) is 12.1. The van der Waals surface area contributed by atoms with Crippen LogP contribution in [0.2, 0.25) is 0 Å². The summed E-state index contributed by atoms with van der Waals surface area (Å²) >= 11 is 0. The normalized spacial score (nSPS) is 16.0. The fourth-order valence-electron chi connectivity index (χ4n) is 2.98. The van der Waals surface area contributed by atoms with Crippen LogP contribution in [0.1, 0.15) is 40.9 Å². The number of alkyl halides is 3. The number of rotatable bonds is 3. The van der Waals surface area contributed by atoms with E-state index in [-0.39, 0.29) is 11.3 Å². The highest BCUT2D eigenvalue weighted by atomic mass is 19.4. The standard InChI is InChI=1S/C17H13F5N2O2/c18-9-2-3-10(12(19)8-9)16(6-1-7-16)24-15(26)13-5-4-11(14(25)23-13)17(20,21)22/h2-5,8H,1,6-7H2,(H,23,25)(H,24,26). The van der Waals surface area contributed by atoms with Crippen molar-refractivity contribution in [1.29, 1.82) is 0 Å². The molecule has 0 spiro atoms. The first-order valence-electron chi connectivity index (χ1n) is 7.71. The van der Waals surface area contributed by atoms with Gasteiger partial charge in [-0.25, -0.2) is 8.78 Å². The van der Waals surface area contributed by atoms with Gasteiger partial charge in [-0.15, -0.1) is 0 Å². The second-order valence-corrected chi connectivity index (χ2v) is 6.13. The highest BCUT2D eigenvalue weighted by Gasteiger charge is 2.42. The molecule has 0 unspecified atom stereocenters. The van der Waals surface area contributed by atoms with E-state index in [0.29, 0.717) is 31.4 Å².